The fourth-order valence-corrected chi connectivity index (χ4v) is 1.81. The van der Waals surface area contributed by atoms with Crippen molar-refractivity contribution in [3.8, 4) is 0 Å². The molecule has 0 N–H and O–H groups in total. The Bertz CT molecular complexity index is 567. The minimum absolute atomic E-state index is 0.000833. The largest absolute Gasteiger partial charge is 0.307 e. The minimum atomic E-state index is -3.79. The fraction of sp³-hybridized carbons (Fsp3) is 0.500. The lowest BCUT2D eigenvalue weighted by molar-refractivity contribution is -0.388. The smallest absolute Gasteiger partial charge is 0.294 e. The van der Waals surface area contributed by atoms with Crippen LogP contribution in [-0.2, 0) is 9.84 Å². The molecule has 0 aliphatic rings. The van der Waals surface area contributed by atoms with Gasteiger partial charge < -0.3 is 0 Å². The molecule has 0 bridgehead atoms. The van der Waals surface area contributed by atoms with Crippen LogP contribution in [0.2, 0.25) is 0 Å². The van der Waals surface area contributed by atoms with E-state index >= 15 is 0 Å². The van der Waals surface area contributed by atoms with Crippen LogP contribution in [0.4, 0.5) is 5.69 Å². The van der Waals surface area contributed by atoms with Crippen molar-refractivity contribution in [2.75, 3.05) is 6.26 Å². The number of carbonyl (C=O) groups is 1. The highest BCUT2D eigenvalue weighted by atomic mass is 32.2. The molecule has 114 valence electrons. The van der Waals surface area contributed by atoms with E-state index in [1.165, 1.54) is 6.92 Å². The van der Waals surface area contributed by atoms with Gasteiger partial charge in [-0.25, -0.2) is 13.4 Å². The van der Waals surface area contributed by atoms with Crippen molar-refractivity contribution in [3.63, 3.8) is 0 Å². The van der Waals surface area contributed by atoms with Crippen molar-refractivity contribution in [2.24, 2.45) is 0 Å². The third-order valence-corrected chi connectivity index (χ3v) is 2.80. The third-order valence-electron chi connectivity index (χ3n) is 1.79. The topological polar surface area (TPSA) is 107 Å². The highest BCUT2D eigenvalue weighted by Gasteiger charge is 2.25. The Labute approximate surface area is 119 Å². The number of aromatic nitrogens is 1. The van der Waals surface area contributed by atoms with Gasteiger partial charge in [0.15, 0.2) is 15.6 Å². The van der Waals surface area contributed by atoms with Crippen LogP contribution in [0.1, 0.15) is 45.0 Å². The maximum atomic E-state index is 11.2. The zero-order valence-electron chi connectivity index (χ0n) is 12.5. The summed E-state index contributed by atoms with van der Waals surface area (Å²) in [5.41, 5.74) is -0.686. The van der Waals surface area contributed by atoms with Gasteiger partial charge in [0.05, 0.1) is 4.92 Å². The molecule has 1 aromatic heterocycles. The molecule has 20 heavy (non-hydrogen) atoms. The predicted molar refractivity (Wildman–Crippen MR) is 76.7 cm³/mol. The van der Waals surface area contributed by atoms with E-state index in [2.05, 4.69) is 4.98 Å². The van der Waals surface area contributed by atoms with Crippen LogP contribution in [0, 0.1) is 10.1 Å². The molecule has 0 aliphatic heterocycles. The van der Waals surface area contributed by atoms with Crippen molar-refractivity contribution < 1.29 is 18.1 Å². The summed E-state index contributed by atoms with van der Waals surface area (Å²) in [6.07, 6.45) is 1.82. The van der Waals surface area contributed by atoms with Gasteiger partial charge in [-0.15, -0.1) is 0 Å². The second-order valence-corrected chi connectivity index (χ2v) is 5.06. The van der Waals surface area contributed by atoms with Gasteiger partial charge in [-0.3, -0.25) is 14.9 Å². The maximum Gasteiger partial charge on any atom is 0.307 e. The van der Waals surface area contributed by atoms with Crippen LogP contribution in [0.3, 0.4) is 0 Å². The zero-order valence-corrected chi connectivity index (χ0v) is 13.3. The van der Waals surface area contributed by atoms with Gasteiger partial charge in [-0.05, 0) is 6.92 Å². The Kier molecular flexibility index (Phi) is 9.36. The van der Waals surface area contributed by atoms with Gasteiger partial charge in [-0.1, -0.05) is 27.7 Å². The summed E-state index contributed by atoms with van der Waals surface area (Å²) in [6, 6.07) is 0.908. The number of carbonyl (C=O) groups excluding carboxylic acids is 1. The van der Waals surface area contributed by atoms with E-state index in [0.29, 0.717) is 0 Å². The second kappa shape index (κ2) is 9.13. The first kappa shape index (κ1) is 20.5. The van der Waals surface area contributed by atoms with Gasteiger partial charge in [0.25, 0.3) is 0 Å². The van der Waals surface area contributed by atoms with Gasteiger partial charge >= 0.3 is 5.69 Å². The molecule has 0 spiro atoms. The van der Waals surface area contributed by atoms with Crippen LogP contribution in [0.15, 0.2) is 17.3 Å². The fourth-order valence-electron chi connectivity index (χ4n) is 1.05. The van der Waals surface area contributed by atoms with Gasteiger partial charge in [0.1, 0.15) is 0 Å². The van der Waals surface area contributed by atoms with Crippen molar-refractivity contribution in [1.82, 2.24) is 4.98 Å². The lowest BCUT2D eigenvalue weighted by atomic mass is 10.2. The first-order valence-electron chi connectivity index (χ1n) is 6.09. The van der Waals surface area contributed by atoms with Crippen molar-refractivity contribution >= 4 is 21.3 Å². The number of ketones is 1. The number of hydrogen-bond acceptors (Lipinski definition) is 6. The Morgan fingerprint density at radius 3 is 2.00 bits per heavy atom. The summed E-state index contributed by atoms with van der Waals surface area (Å²) < 4.78 is 22.4. The summed E-state index contributed by atoms with van der Waals surface area (Å²) in [7, 11) is -3.79. The first-order valence-corrected chi connectivity index (χ1v) is 7.98. The Hall–Kier alpha value is -1.83. The molecule has 1 rings (SSSR count). The first-order chi connectivity index (χ1) is 9.23. The Balaban J connectivity index is 0. The van der Waals surface area contributed by atoms with Crippen molar-refractivity contribution in [3.05, 3.63) is 27.9 Å². The number of nitrogens with zero attached hydrogens (tertiary/aromatic N) is 2. The molecular formula is C12H20N2O5S. The van der Waals surface area contributed by atoms with E-state index < -0.39 is 31.3 Å². The van der Waals surface area contributed by atoms with E-state index in [0.717, 1.165) is 18.5 Å². The molecular weight excluding hydrogens is 284 g/mol. The monoisotopic (exact) mass is 304 g/mol. The SMILES string of the molecule is CC.CC.CC(=O)c1cnc(S(C)(=O)=O)c([N+](=O)[O-])c1. The van der Waals surface area contributed by atoms with Gasteiger partial charge in [0.2, 0.25) is 5.03 Å². The van der Waals surface area contributed by atoms with E-state index in [1.54, 1.807) is 0 Å². The Morgan fingerprint density at radius 2 is 1.70 bits per heavy atom. The minimum Gasteiger partial charge on any atom is -0.294 e. The van der Waals surface area contributed by atoms with Crippen LogP contribution in [0.25, 0.3) is 0 Å². The summed E-state index contributed by atoms with van der Waals surface area (Å²) in [4.78, 5) is 24.2. The normalized spacial score (nSPS) is 9.50. The quantitative estimate of drug-likeness (QED) is 0.482. The summed E-state index contributed by atoms with van der Waals surface area (Å²) in [5.74, 6) is -0.421. The third kappa shape index (κ3) is 5.87. The molecule has 0 unspecified atom stereocenters. The van der Waals surface area contributed by atoms with Crippen LogP contribution >= 0.6 is 0 Å². The summed E-state index contributed by atoms with van der Waals surface area (Å²) in [6.45, 7) is 9.21. The molecule has 0 radical (unpaired) electrons. The van der Waals surface area contributed by atoms with E-state index in [1.807, 2.05) is 27.7 Å². The molecule has 0 aromatic carbocycles. The molecule has 0 atom stereocenters. The van der Waals surface area contributed by atoms with E-state index in [4.69, 9.17) is 0 Å². The molecule has 1 aromatic rings. The zero-order chi connectivity index (χ0) is 16.5. The average molecular weight is 304 g/mol. The van der Waals surface area contributed by atoms with Crippen molar-refractivity contribution in [2.45, 2.75) is 39.6 Å². The number of pyridine rings is 1. The highest BCUT2D eigenvalue weighted by molar-refractivity contribution is 7.90. The molecule has 8 heteroatoms. The highest BCUT2D eigenvalue weighted by Crippen LogP contribution is 2.22. The second-order valence-electron chi connectivity index (χ2n) is 3.13. The number of rotatable bonds is 3. The van der Waals surface area contributed by atoms with Gasteiger partial charge in [0, 0.05) is 24.1 Å². The van der Waals surface area contributed by atoms with Crippen LogP contribution < -0.4 is 0 Å². The maximum absolute atomic E-state index is 11.2. The molecule has 0 aliphatic carbocycles. The molecule has 0 saturated carbocycles. The Morgan fingerprint density at radius 1 is 1.25 bits per heavy atom. The molecule has 0 saturated heterocycles. The molecule has 1 heterocycles. The summed E-state index contributed by atoms with van der Waals surface area (Å²) >= 11 is 0. The standard InChI is InChI=1S/C8H8N2O5S.2C2H6/c1-5(11)6-3-7(10(12)13)8(9-4-6)16(2,14)15;2*1-2/h3-4H,1-2H3;2*1-2H3. The van der Waals surface area contributed by atoms with E-state index in [9.17, 15) is 23.3 Å². The predicted octanol–water partition coefficient (Wildman–Crippen LogP) is 2.65. The van der Waals surface area contributed by atoms with Crippen LogP contribution in [0.5, 0.6) is 0 Å². The molecule has 7 nitrogen and oxygen atoms in total. The number of Topliss-reactive ketones (excluding diaryl/α,β-unsaturated/α-hetero) is 1. The van der Waals surface area contributed by atoms with E-state index in [-0.39, 0.29) is 5.56 Å². The average Bonchev–Trinajstić information content (AvgIpc) is 2.41. The number of nitro groups is 1. The lowest BCUT2D eigenvalue weighted by Crippen LogP contribution is -2.07. The van der Waals surface area contributed by atoms with Gasteiger partial charge in [-0.2, -0.15) is 0 Å². The number of sulfone groups is 1. The van der Waals surface area contributed by atoms with Crippen LogP contribution in [-0.4, -0.2) is 30.4 Å². The molecule has 0 amide bonds. The number of hydrogen-bond donors (Lipinski definition) is 0. The van der Waals surface area contributed by atoms with Crippen molar-refractivity contribution in [1.29, 1.82) is 0 Å². The molecule has 0 fully saturated rings. The summed E-state index contributed by atoms with van der Waals surface area (Å²) in [5, 5.41) is 10.00. The lowest BCUT2D eigenvalue weighted by Gasteiger charge is -2.01.